The predicted molar refractivity (Wildman–Crippen MR) is 78.2 cm³/mol. The Morgan fingerprint density at radius 1 is 1.38 bits per heavy atom. The second-order valence-electron chi connectivity index (χ2n) is 5.04. The molecule has 0 bridgehead atoms. The minimum absolute atomic E-state index is 0.0893. The van der Waals surface area contributed by atoms with Crippen LogP contribution in [0.2, 0.25) is 0 Å². The van der Waals surface area contributed by atoms with Crippen molar-refractivity contribution in [1.29, 1.82) is 0 Å². The average molecular weight is 312 g/mol. The van der Waals surface area contributed by atoms with E-state index in [0.717, 1.165) is 0 Å². The molecule has 0 aliphatic carbocycles. The van der Waals surface area contributed by atoms with Gasteiger partial charge in [-0.25, -0.2) is 13.1 Å². The first-order valence-electron chi connectivity index (χ1n) is 6.53. The van der Waals surface area contributed by atoms with Crippen molar-refractivity contribution in [2.24, 2.45) is 14.1 Å². The zero-order valence-corrected chi connectivity index (χ0v) is 13.3. The Morgan fingerprint density at radius 3 is 2.52 bits per heavy atom. The van der Waals surface area contributed by atoms with Gasteiger partial charge in [-0.2, -0.15) is 5.10 Å². The number of nitrogens with zero attached hydrogens (tertiary/aromatic N) is 3. The molecule has 0 spiro atoms. The van der Waals surface area contributed by atoms with Gasteiger partial charge in [0.25, 0.3) is 0 Å². The number of aromatic nitrogens is 3. The largest absolute Gasteiger partial charge is 0.386 e. The van der Waals surface area contributed by atoms with Crippen LogP contribution in [0.15, 0.2) is 23.2 Å². The number of aryl methyl sites for hydroxylation is 3. The van der Waals surface area contributed by atoms with Crippen LogP contribution in [-0.4, -0.2) is 34.4 Å². The molecular formula is C13H20N4O3S. The Labute approximate surface area is 124 Å². The lowest BCUT2D eigenvalue weighted by atomic mass is 10.2. The summed E-state index contributed by atoms with van der Waals surface area (Å²) in [6.45, 7) is 3.26. The van der Waals surface area contributed by atoms with Crippen LogP contribution in [0.1, 0.15) is 23.2 Å². The van der Waals surface area contributed by atoms with Gasteiger partial charge in [0.05, 0.1) is 11.4 Å². The molecule has 8 heteroatoms. The van der Waals surface area contributed by atoms with Gasteiger partial charge in [-0.1, -0.05) is 0 Å². The summed E-state index contributed by atoms with van der Waals surface area (Å²) < 4.78 is 30.4. The third-order valence-electron chi connectivity index (χ3n) is 3.50. The van der Waals surface area contributed by atoms with Crippen molar-refractivity contribution in [3.05, 3.63) is 35.4 Å². The van der Waals surface area contributed by atoms with E-state index in [2.05, 4.69) is 9.82 Å². The number of hydrogen-bond donors (Lipinski definition) is 2. The van der Waals surface area contributed by atoms with Gasteiger partial charge in [-0.05, 0) is 26.0 Å². The van der Waals surface area contributed by atoms with E-state index in [4.69, 9.17) is 0 Å². The number of aliphatic hydroxyl groups excluding tert-OH is 1. The Kier molecular flexibility index (Phi) is 4.22. The highest BCUT2D eigenvalue weighted by atomic mass is 32.2. The van der Waals surface area contributed by atoms with Gasteiger partial charge in [0.15, 0.2) is 0 Å². The fraction of sp³-hybridized carbons (Fsp3) is 0.462. The van der Waals surface area contributed by atoms with Crippen molar-refractivity contribution in [2.45, 2.75) is 24.8 Å². The van der Waals surface area contributed by atoms with Crippen molar-refractivity contribution < 1.29 is 13.5 Å². The molecule has 0 saturated heterocycles. The van der Waals surface area contributed by atoms with Crippen LogP contribution < -0.4 is 4.72 Å². The molecule has 0 saturated carbocycles. The number of nitrogens with one attached hydrogen (secondary N) is 1. The zero-order valence-electron chi connectivity index (χ0n) is 12.5. The highest BCUT2D eigenvalue weighted by Crippen LogP contribution is 2.19. The second kappa shape index (κ2) is 5.63. The quantitative estimate of drug-likeness (QED) is 0.836. The molecule has 0 fully saturated rings. The first-order chi connectivity index (χ1) is 9.74. The topological polar surface area (TPSA) is 89.2 Å². The highest BCUT2D eigenvalue weighted by molar-refractivity contribution is 7.89. The van der Waals surface area contributed by atoms with Crippen molar-refractivity contribution in [3.63, 3.8) is 0 Å². The normalized spacial score (nSPS) is 13.6. The molecule has 1 atom stereocenters. The van der Waals surface area contributed by atoms with Crippen molar-refractivity contribution in [1.82, 2.24) is 19.1 Å². The number of rotatable bonds is 5. The molecule has 0 unspecified atom stereocenters. The van der Waals surface area contributed by atoms with Crippen LogP contribution in [-0.2, 0) is 24.1 Å². The van der Waals surface area contributed by atoms with E-state index in [-0.39, 0.29) is 11.4 Å². The van der Waals surface area contributed by atoms with Crippen molar-refractivity contribution in [3.8, 4) is 0 Å². The minimum atomic E-state index is -3.70. The summed E-state index contributed by atoms with van der Waals surface area (Å²) in [6.07, 6.45) is 0.889. The summed E-state index contributed by atoms with van der Waals surface area (Å²) in [4.78, 5) is 0.170. The Balaban J connectivity index is 2.17. The Hall–Kier alpha value is -1.64. The molecular weight excluding hydrogens is 292 g/mol. The third kappa shape index (κ3) is 3.02. The molecule has 2 aromatic rings. The highest BCUT2D eigenvalue weighted by Gasteiger charge is 2.24. The number of sulfonamides is 1. The van der Waals surface area contributed by atoms with Gasteiger partial charge >= 0.3 is 0 Å². The maximum absolute atomic E-state index is 12.4. The van der Waals surface area contributed by atoms with Crippen LogP contribution in [0.25, 0.3) is 0 Å². The van der Waals surface area contributed by atoms with Crippen LogP contribution in [0.5, 0.6) is 0 Å². The van der Waals surface area contributed by atoms with Crippen molar-refractivity contribution in [2.75, 3.05) is 6.54 Å². The van der Waals surface area contributed by atoms with E-state index >= 15 is 0 Å². The molecule has 0 aliphatic heterocycles. The summed E-state index contributed by atoms with van der Waals surface area (Å²) in [6, 6.07) is 3.54. The zero-order chi connectivity index (χ0) is 15.8. The SMILES string of the molecule is Cc1nn(C)c(C)c1S(=O)(=O)NC[C@@H](O)c1cccn1C. The lowest BCUT2D eigenvalue weighted by Gasteiger charge is -2.13. The summed E-state index contributed by atoms with van der Waals surface area (Å²) >= 11 is 0. The van der Waals surface area contributed by atoms with E-state index < -0.39 is 16.1 Å². The molecule has 21 heavy (non-hydrogen) atoms. The van der Waals surface area contributed by atoms with E-state index in [9.17, 15) is 13.5 Å². The van der Waals surface area contributed by atoms with Gasteiger partial charge in [-0.3, -0.25) is 4.68 Å². The van der Waals surface area contributed by atoms with Crippen LogP contribution in [0, 0.1) is 13.8 Å². The smallest absolute Gasteiger partial charge is 0.244 e. The average Bonchev–Trinajstić information content (AvgIpc) is 2.91. The molecule has 2 N–H and O–H groups in total. The maximum atomic E-state index is 12.4. The van der Waals surface area contributed by atoms with Gasteiger partial charge in [0.1, 0.15) is 11.0 Å². The summed E-state index contributed by atoms with van der Waals surface area (Å²) in [5.74, 6) is 0. The van der Waals surface area contributed by atoms with Crippen LogP contribution in [0.3, 0.4) is 0 Å². The lowest BCUT2D eigenvalue weighted by Crippen LogP contribution is -2.30. The Morgan fingerprint density at radius 2 is 2.05 bits per heavy atom. The first kappa shape index (κ1) is 15.7. The first-order valence-corrected chi connectivity index (χ1v) is 8.01. The lowest BCUT2D eigenvalue weighted by molar-refractivity contribution is 0.173. The van der Waals surface area contributed by atoms with E-state index in [1.165, 1.54) is 4.68 Å². The fourth-order valence-electron chi connectivity index (χ4n) is 2.33. The third-order valence-corrected chi connectivity index (χ3v) is 5.18. The van der Waals surface area contributed by atoms with Crippen molar-refractivity contribution >= 4 is 10.0 Å². The van der Waals surface area contributed by atoms with Gasteiger partial charge in [0, 0.05) is 32.5 Å². The molecule has 0 radical (unpaired) electrons. The molecule has 2 heterocycles. The summed E-state index contributed by atoms with van der Waals surface area (Å²) in [7, 11) is -0.214. The van der Waals surface area contributed by atoms with E-state index in [1.54, 1.807) is 50.8 Å². The minimum Gasteiger partial charge on any atom is -0.386 e. The molecule has 0 aliphatic rings. The monoisotopic (exact) mass is 312 g/mol. The van der Waals surface area contributed by atoms with Gasteiger partial charge < -0.3 is 9.67 Å². The number of aliphatic hydroxyl groups is 1. The predicted octanol–water partition coefficient (Wildman–Crippen LogP) is 0.387. The standard InChI is InChI=1S/C13H20N4O3S/c1-9-13(10(2)17(4)15-9)21(19,20)14-8-12(18)11-6-5-7-16(11)3/h5-7,12,14,18H,8H2,1-4H3/t12-/m1/s1. The number of hydrogen-bond acceptors (Lipinski definition) is 4. The van der Waals surface area contributed by atoms with E-state index in [1.807, 2.05) is 0 Å². The van der Waals surface area contributed by atoms with Gasteiger partial charge in [0.2, 0.25) is 10.0 Å². The Bertz CT molecular complexity index is 746. The maximum Gasteiger partial charge on any atom is 0.244 e. The molecule has 0 aromatic carbocycles. The molecule has 2 rings (SSSR count). The fourth-order valence-corrected chi connectivity index (χ4v) is 3.80. The second-order valence-corrected chi connectivity index (χ2v) is 6.74. The molecule has 7 nitrogen and oxygen atoms in total. The van der Waals surface area contributed by atoms with Crippen LogP contribution >= 0.6 is 0 Å². The van der Waals surface area contributed by atoms with Crippen LogP contribution in [0.4, 0.5) is 0 Å². The molecule has 116 valence electrons. The molecule has 2 aromatic heterocycles. The summed E-state index contributed by atoms with van der Waals surface area (Å²) in [5.41, 5.74) is 1.65. The summed E-state index contributed by atoms with van der Waals surface area (Å²) in [5, 5.41) is 14.2. The van der Waals surface area contributed by atoms with Gasteiger partial charge in [-0.15, -0.1) is 0 Å². The van der Waals surface area contributed by atoms with E-state index in [0.29, 0.717) is 17.1 Å². The molecule has 0 amide bonds.